The van der Waals surface area contributed by atoms with Gasteiger partial charge in [0.1, 0.15) is 96.7 Å². The molecule has 0 spiro atoms. The number of carbonyl (C=O) groups excluding carboxylic acids is 21. The van der Waals surface area contributed by atoms with Gasteiger partial charge in [0.25, 0.3) is 0 Å². The number of aliphatic carboxylic acids is 5. The van der Waals surface area contributed by atoms with Crippen LogP contribution in [0.3, 0.4) is 0 Å². The molecule has 17 atom stereocenters. The van der Waals surface area contributed by atoms with Gasteiger partial charge < -0.3 is 173 Å². The van der Waals surface area contributed by atoms with Crippen LogP contribution in [0.1, 0.15) is 215 Å². The number of rotatable bonds is 77. The minimum absolute atomic E-state index is 0.0150. The van der Waals surface area contributed by atoms with Gasteiger partial charge >= 0.3 is 29.8 Å². The number of amides is 21. The monoisotopic (exact) mass is 2040 g/mol. The van der Waals surface area contributed by atoms with Gasteiger partial charge in [-0.3, -0.25) is 111 Å². The zero-order valence-electron chi connectivity index (χ0n) is 80.6. The fourth-order valence-corrected chi connectivity index (χ4v) is 13.5. The molecule has 0 saturated carbocycles. The second-order valence-electron chi connectivity index (χ2n) is 34.5. The number of guanidine groups is 1. The molecular formula is C84H143N27O32. The number of carbonyl (C=O) groups is 26. The first kappa shape index (κ1) is 128. The van der Waals surface area contributed by atoms with E-state index in [9.17, 15) is 150 Å². The van der Waals surface area contributed by atoms with Crippen molar-refractivity contribution in [3.8, 4) is 0 Å². The summed E-state index contributed by atoms with van der Waals surface area (Å²) in [6.07, 6.45) is -11.5. The second-order valence-corrected chi connectivity index (χ2v) is 34.5. The summed E-state index contributed by atoms with van der Waals surface area (Å²) in [7, 11) is 0. The number of hydrogen-bond donors (Lipinski definition) is 33. The van der Waals surface area contributed by atoms with E-state index in [1.807, 2.05) is 0 Å². The normalized spacial score (nSPS) is 14.6. The van der Waals surface area contributed by atoms with Gasteiger partial charge in [-0.1, -0.05) is 48.0 Å². The number of nitrogens with two attached hydrogens (primary N) is 9. The maximum absolute atomic E-state index is 14.5. The van der Waals surface area contributed by atoms with Crippen LogP contribution in [-0.2, 0) is 125 Å². The van der Waals surface area contributed by atoms with Gasteiger partial charge in [0.15, 0.2) is 5.96 Å². The van der Waals surface area contributed by atoms with E-state index in [1.54, 1.807) is 34.6 Å². The molecule has 0 aliphatic heterocycles. The topological polar surface area (TPSA) is 1030 Å². The van der Waals surface area contributed by atoms with E-state index in [0.717, 1.165) is 0 Å². The van der Waals surface area contributed by atoms with Crippen molar-refractivity contribution in [2.24, 2.45) is 69.4 Å². The Kier molecular flexibility index (Phi) is 61.4. The van der Waals surface area contributed by atoms with E-state index in [1.165, 1.54) is 6.92 Å². The highest BCUT2D eigenvalue weighted by atomic mass is 16.4. The van der Waals surface area contributed by atoms with Gasteiger partial charge in [-0.2, -0.15) is 0 Å². The average Bonchev–Trinajstić information content (AvgIpc) is 0.846. The zero-order valence-corrected chi connectivity index (χ0v) is 80.6. The van der Waals surface area contributed by atoms with Gasteiger partial charge in [-0.25, -0.2) is 19.2 Å². The fraction of sp³-hybridized carbons (Fsp3) is 0.679. The molecule has 0 aromatic heterocycles. The quantitative estimate of drug-likeness (QED) is 0.0153. The standard InChI is InChI=1S/C84H143N27O32/c1-7-41(6)67(79(135)104-44(15-12-32-95-84(93)94)70(126)105-49(81(138)139)19-26-61(117)96-42(13-8-10-30-85)69(125)110-56(38-112)78(134)108-52(68(92)124)35-59(90)115)111-77(133)54(34-40(4)5)100-64(120)28-21-51(83(142)143)107-74(130)47(17-24-58(89)114)103-76(132)55(36-60(91)116)109-71(127)43(14-9-11-31-86)101-73(129)46(16-23-57(88)113)102-75(131)53(33-39(2)3)99-63(119)25-18-48(80(136)137)98-62(118)27-20-50(82(140)141)106-72(128)45(22-29-66(122)123)97-65(121)37-87/h39-56,67,112H,7-38,85-87H2,1-6H3,(H2,88,113)(H2,89,114)(H2,90,115)(H2,91,116)(H2,92,124)(H,96,117)(H,97,121)(H,98,118)(H,99,119)(H,100,120)(H,101,129)(H,102,131)(H,103,132)(H,104,135)(H,105,126)(H,106,128)(H,107,130)(H,108,134)(H,109,127)(H,110,125)(H,111,133)(H,122,123)(H,136,137)(H,138,139)(H,140,141)(H,142,143)(H4,93,94,95)/t41-,42-,43-,44-,45-,46-,47-,48-,49-,50-,51-,52-,53-,54-,55-,56-,67-/m0/s1. The van der Waals surface area contributed by atoms with E-state index >= 15 is 0 Å². The number of nitrogens with one attached hydrogen (secondary N) is 18. The molecular weight excluding hydrogens is 1900 g/mol. The summed E-state index contributed by atoms with van der Waals surface area (Å²) in [5, 5.41) is 106. The highest BCUT2D eigenvalue weighted by molar-refractivity contribution is 6.01. The predicted octanol–water partition coefficient (Wildman–Crippen LogP) is -12.6. The maximum Gasteiger partial charge on any atom is 0.326 e. The molecule has 0 aromatic carbocycles. The Balaban J connectivity index is 6.97. The van der Waals surface area contributed by atoms with Crippen molar-refractivity contribution in [1.82, 2.24) is 90.4 Å². The summed E-state index contributed by atoms with van der Waals surface area (Å²) in [5.74, 6) is -33.7. The smallest absolute Gasteiger partial charge is 0.326 e. The molecule has 21 amide bonds. The van der Waals surface area contributed by atoms with Crippen molar-refractivity contribution in [2.75, 3.05) is 32.8 Å². The van der Waals surface area contributed by atoms with Gasteiger partial charge in [-0.05, 0) is 140 Å². The van der Waals surface area contributed by atoms with E-state index in [0.29, 0.717) is 6.42 Å². The number of carboxylic acid groups (broad SMARTS) is 5. The minimum Gasteiger partial charge on any atom is -0.481 e. The van der Waals surface area contributed by atoms with E-state index in [2.05, 4.69) is 90.4 Å². The third kappa shape index (κ3) is 54.6. The predicted molar refractivity (Wildman–Crippen MR) is 498 cm³/mol. The number of carboxylic acids is 5. The van der Waals surface area contributed by atoms with E-state index in [4.69, 9.17) is 62.1 Å². The highest BCUT2D eigenvalue weighted by Crippen LogP contribution is 2.18. The first-order valence-electron chi connectivity index (χ1n) is 46.1. The van der Waals surface area contributed by atoms with Gasteiger partial charge in [0, 0.05) is 51.5 Å². The average molecular weight is 2040 g/mol. The van der Waals surface area contributed by atoms with Crippen LogP contribution in [0.25, 0.3) is 0 Å². The summed E-state index contributed by atoms with van der Waals surface area (Å²) < 4.78 is 0. The lowest BCUT2D eigenvalue weighted by molar-refractivity contribution is -0.144. The Bertz CT molecular complexity index is 4410. The van der Waals surface area contributed by atoms with Gasteiger partial charge in [0.2, 0.25) is 124 Å². The van der Waals surface area contributed by atoms with Crippen molar-refractivity contribution < 1.29 is 155 Å². The summed E-state index contributed by atoms with van der Waals surface area (Å²) in [6, 6.07) is -27.9. The number of primary amides is 5. The summed E-state index contributed by atoms with van der Waals surface area (Å²) in [6.45, 7) is 8.05. The Morgan fingerprint density at radius 2 is 0.545 bits per heavy atom. The maximum atomic E-state index is 14.5. The van der Waals surface area contributed by atoms with Crippen molar-refractivity contribution in [2.45, 2.75) is 312 Å². The number of hydrogen-bond acceptors (Lipinski definition) is 31. The number of aliphatic hydroxyl groups is 1. The van der Waals surface area contributed by atoms with Crippen LogP contribution < -0.4 is 142 Å². The summed E-state index contributed by atoms with van der Waals surface area (Å²) in [4.78, 5) is 342. The van der Waals surface area contributed by atoms with Crippen LogP contribution in [-0.4, -0.2) is 320 Å². The lowest BCUT2D eigenvalue weighted by Crippen LogP contribution is -2.60. The van der Waals surface area contributed by atoms with Crippen LogP contribution in [0.5, 0.6) is 0 Å². The molecule has 806 valence electrons. The second kappa shape index (κ2) is 68.4. The first-order valence-corrected chi connectivity index (χ1v) is 46.1. The van der Waals surface area contributed by atoms with Crippen molar-refractivity contribution >= 4 is 160 Å². The lowest BCUT2D eigenvalue weighted by atomic mass is 9.96. The molecule has 0 bridgehead atoms. The highest BCUT2D eigenvalue weighted by Gasteiger charge is 2.40. The van der Waals surface area contributed by atoms with Crippen molar-refractivity contribution in [3.63, 3.8) is 0 Å². The Morgan fingerprint density at radius 1 is 0.280 bits per heavy atom. The van der Waals surface area contributed by atoms with Gasteiger partial charge in [-0.15, -0.1) is 0 Å². The molecule has 0 aliphatic carbocycles. The molecule has 0 heterocycles. The third-order valence-corrected chi connectivity index (χ3v) is 21.5. The third-order valence-electron chi connectivity index (χ3n) is 21.5. The lowest BCUT2D eigenvalue weighted by Gasteiger charge is -2.29. The summed E-state index contributed by atoms with van der Waals surface area (Å²) in [5.41, 5.74) is 48.8. The number of unbranched alkanes of at least 4 members (excludes halogenated alkanes) is 2. The molecule has 0 radical (unpaired) electrons. The molecule has 0 rings (SSSR count). The molecule has 0 unspecified atom stereocenters. The minimum atomic E-state index is -2.08. The molecule has 0 fully saturated rings. The molecule has 59 heteroatoms. The Labute approximate surface area is 821 Å². The molecule has 0 saturated heterocycles. The molecule has 0 aliphatic rings. The number of aliphatic hydroxyl groups excluding tert-OH is 1. The summed E-state index contributed by atoms with van der Waals surface area (Å²) >= 11 is 0. The van der Waals surface area contributed by atoms with Crippen LogP contribution in [0, 0.1) is 23.2 Å². The largest absolute Gasteiger partial charge is 0.481 e. The first-order chi connectivity index (χ1) is 66.9. The van der Waals surface area contributed by atoms with Crippen LogP contribution in [0.2, 0.25) is 0 Å². The zero-order chi connectivity index (χ0) is 109. The van der Waals surface area contributed by atoms with Crippen LogP contribution >= 0.6 is 0 Å². The van der Waals surface area contributed by atoms with Crippen LogP contribution in [0.15, 0.2) is 0 Å². The SMILES string of the molecule is CC[C@H](C)[C@H](NC(=O)[C@H](CC(C)C)NC(=O)CC[C@H](NC(=O)[C@H](CCC(N)=O)NC(=O)[C@H](CC(N)=O)NC(=O)[C@H](CCCCN)NC(=O)[C@H](CCC(N)=O)NC(=O)[C@H](CC(C)C)NC(=O)CC[C@H](NC(=O)CC[C@H](NC(=O)[C@H](CCC(=O)O)NC(=O)CN)C(=O)O)C(=O)O)C(=O)O)C(=O)N[C@@H](CCCNC(=N)N)C(=O)N[C@@H](CCC(=O)N[C@@H](CCCCN)C(=O)N[C@@H](CO)C(=O)N[C@@H](CC(N)=O)C(N)=O)C(=O)O. The van der Waals surface area contributed by atoms with Gasteiger partial charge in [0.05, 0.1) is 26.0 Å². The Hall–Kier alpha value is -14.7. The van der Waals surface area contributed by atoms with E-state index < -0.39 is 390 Å². The molecule has 59 nitrogen and oxygen atoms in total. The van der Waals surface area contributed by atoms with Crippen molar-refractivity contribution in [3.05, 3.63) is 0 Å². The Morgan fingerprint density at radius 3 is 0.874 bits per heavy atom. The van der Waals surface area contributed by atoms with Crippen molar-refractivity contribution in [1.29, 1.82) is 5.41 Å². The molecule has 143 heavy (non-hydrogen) atoms. The van der Waals surface area contributed by atoms with Crippen LogP contribution in [0.4, 0.5) is 0 Å². The fourth-order valence-electron chi connectivity index (χ4n) is 13.5. The molecule has 0 aromatic rings. The van der Waals surface area contributed by atoms with E-state index in [-0.39, 0.29) is 83.8 Å². The molecule has 42 N–H and O–H groups in total.